The number of ether oxygens (including phenoxy) is 1. The summed E-state index contributed by atoms with van der Waals surface area (Å²) in [6.45, 7) is 9.54. The molecule has 0 amide bonds. The van der Waals surface area contributed by atoms with E-state index in [0.29, 0.717) is 6.04 Å². The molecule has 1 aliphatic rings. The SMILES string of the molecule is CCCN1CCC(NC(C)CC)(C(=O)OC)CC1. The van der Waals surface area contributed by atoms with Crippen LogP contribution in [0.4, 0.5) is 0 Å². The molecule has 1 fully saturated rings. The minimum Gasteiger partial charge on any atom is -0.468 e. The molecule has 0 saturated carbocycles. The van der Waals surface area contributed by atoms with E-state index in [1.807, 2.05) is 0 Å². The van der Waals surface area contributed by atoms with Gasteiger partial charge in [0.25, 0.3) is 0 Å². The van der Waals surface area contributed by atoms with Crippen LogP contribution in [0.2, 0.25) is 0 Å². The van der Waals surface area contributed by atoms with Crippen molar-refractivity contribution in [3.05, 3.63) is 0 Å². The molecule has 106 valence electrons. The van der Waals surface area contributed by atoms with Crippen LogP contribution in [0.25, 0.3) is 0 Å². The predicted octanol–water partition coefficient (Wildman–Crippen LogP) is 1.79. The molecular formula is C14H28N2O2. The van der Waals surface area contributed by atoms with E-state index in [-0.39, 0.29) is 5.97 Å². The van der Waals surface area contributed by atoms with Gasteiger partial charge in [-0.15, -0.1) is 0 Å². The predicted molar refractivity (Wildman–Crippen MR) is 73.6 cm³/mol. The monoisotopic (exact) mass is 256 g/mol. The third kappa shape index (κ3) is 3.69. The molecular weight excluding hydrogens is 228 g/mol. The molecule has 0 aromatic carbocycles. The zero-order valence-corrected chi connectivity index (χ0v) is 12.3. The van der Waals surface area contributed by atoms with Gasteiger partial charge in [0.15, 0.2) is 0 Å². The van der Waals surface area contributed by atoms with Gasteiger partial charge < -0.3 is 9.64 Å². The maximum atomic E-state index is 12.1. The minimum atomic E-state index is -0.464. The van der Waals surface area contributed by atoms with E-state index in [9.17, 15) is 4.79 Å². The Balaban J connectivity index is 2.67. The van der Waals surface area contributed by atoms with Crippen LogP contribution < -0.4 is 5.32 Å². The van der Waals surface area contributed by atoms with Gasteiger partial charge in [-0.3, -0.25) is 10.1 Å². The van der Waals surface area contributed by atoms with E-state index < -0.39 is 5.54 Å². The third-order valence-electron chi connectivity index (χ3n) is 3.96. The number of likely N-dealkylation sites (tertiary alicyclic amines) is 1. The molecule has 1 rings (SSSR count). The number of hydrogen-bond acceptors (Lipinski definition) is 4. The van der Waals surface area contributed by atoms with Gasteiger partial charge in [-0.2, -0.15) is 0 Å². The average Bonchev–Trinajstić information content (AvgIpc) is 2.40. The molecule has 0 aromatic heterocycles. The van der Waals surface area contributed by atoms with Crippen LogP contribution >= 0.6 is 0 Å². The van der Waals surface area contributed by atoms with Crippen LogP contribution in [0, 0.1) is 0 Å². The lowest BCUT2D eigenvalue weighted by Gasteiger charge is -2.41. The molecule has 1 aliphatic heterocycles. The molecule has 1 N–H and O–H groups in total. The zero-order valence-electron chi connectivity index (χ0n) is 12.3. The van der Waals surface area contributed by atoms with E-state index in [1.54, 1.807) is 0 Å². The van der Waals surface area contributed by atoms with Gasteiger partial charge in [-0.1, -0.05) is 13.8 Å². The van der Waals surface area contributed by atoms with E-state index in [2.05, 4.69) is 31.0 Å². The number of nitrogens with one attached hydrogen (secondary N) is 1. The first kappa shape index (κ1) is 15.4. The first-order valence-electron chi connectivity index (χ1n) is 7.16. The molecule has 1 saturated heterocycles. The van der Waals surface area contributed by atoms with Gasteiger partial charge in [-0.05, 0) is 39.2 Å². The molecule has 0 aromatic rings. The van der Waals surface area contributed by atoms with Crippen molar-refractivity contribution in [3.63, 3.8) is 0 Å². The van der Waals surface area contributed by atoms with E-state index in [4.69, 9.17) is 4.74 Å². The largest absolute Gasteiger partial charge is 0.468 e. The molecule has 0 radical (unpaired) electrons. The highest BCUT2D eigenvalue weighted by Gasteiger charge is 2.42. The summed E-state index contributed by atoms with van der Waals surface area (Å²) in [6.07, 6.45) is 3.90. The van der Waals surface area contributed by atoms with Crippen LogP contribution in [-0.4, -0.2) is 49.2 Å². The van der Waals surface area contributed by atoms with Crippen molar-refractivity contribution >= 4 is 5.97 Å². The lowest BCUT2D eigenvalue weighted by Crippen LogP contribution is -2.61. The molecule has 1 atom stereocenters. The van der Waals surface area contributed by atoms with Gasteiger partial charge in [0, 0.05) is 19.1 Å². The second-order valence-corrected chi connectivity index (χ2v) is 5.37. The van der Waals surface area contributed by atoms with Crippen molar-refractivity contribution in [1.29, 1.82) is 0 Å². The van der Waals surface area contributed by atoms with Crippen molar-refractivity contribution in [2.45, 2.75) is 58.0 Å². The Bertz CT molecular complexity index is 261. The number of hydrogen-bond donors (Lipinski definition) is 1. The standard InChI is InChI=1S/C14H28N2O2/c1-5-9-16-10-7-14(8-11-16,13(17)18-4)15-12(3)6-2/h12,15H,5-11H2,1-4H3. The Kier molecular flexibility index (Phi) is 6.09. The highest BCUT2D eigenvalue weighted by atomic mass is 16.5. The van der Waals surface area contributed by atoms with Gasteiger partial charge >= 0.3 is 5.97 Å². The maximum absolute atomic E-state index is 12.1. The average molecular weight is 256 g/mol. The summed E-state index contributed by atoms with van der Waals surface area (Å²) >= 11 is 0. The smallest absolute Gasteiger partial charge is 0.326 e. The van der Waals surface area contributed by atoms with Gasteiger partial charge in [0.05, 0.1) is 7.11 Å². The van der Waals surface area contributed by atoms with Crippen molar-refractivity contribution < 1.29 is 9.53 Å². The molecule has 0 aliphatic carbocycles. The molecule has 1 heterocycles. The normalized spacial score (nSPS) is 21.6. The molecule has 4 heteroatoms. The summed E-state index contributed by atoms with van der Waals surface area (Å²) in [5.41, 5.74) is -0.464. The number of carbonyl (C=O) groups excluding carboxylic acids is 1. The summed E-state index contributed by atoms with van der Waals surface area (Å²) in [5.74, 6) is -0.0982. The Labute approximate surface area is 111 Å². The maximum Gasteiger partial charge on any atom is 0.326 e. The summed E-state index contributed by atoms with van der Waals surface area (Å²) in [4.78, 5) is 14.5. The molecule has 18 heavy (non-hydrogen) atoms. The first-order chi connectivity index (χ1) is 8.57. The Morgan fingerprint density at radius 1 is 1.39 bits per heavy atom. The first-order valence-corrected chi connectivity index (χ1v) is 7.16. The van der Waals surface area contributed by atoms with Crippen molar-refractivity contribution in [2.24, 2.45) is 0 Å². The number of rotatable bonds is 6. The summed E-state index contributed by atoms with van der Waals surface area (Å²) in [6, 6.07) is 0.349. The van der Waals surface area contributed by atoms with Crippen molar-refractivity contribution in [3.8, 4) is 0 Å². The number of piperidine rings is 1. The fraction of sp³-hybridized carbons (Fsp3) is 0.929. The lowest BCUT2D eigenvalue weighted by molar-refractivity contribution is -0.151. The van der Waals surface area contributed by atoms with Crippen LogP contribution in [0.3, 0.4) is 0 Å². The highest BCUT2D eigenvalue weighted by molar-refractivity contribution is 5.81. The van der Waals surface area contributed by atoms with E-state index in [1.165, 1.54) is 13.5 Å². The number of carbonyl (C=O) groups is 1. The van der Waals surface area contributed by atoms with Crippen LogP contribution in [0.1, 0.15) is 46.5 Å². The third-order valence-corrected chi connectivity index (χ3v) is 3.96. The topological polar surface area (TPSA) is 41.6 Å². The number of nitrogens with zero attached hydrogens (tertiary/aromatic N) is 1. The van der Waals surface area contributed by atoms with Gasteiger partial charge in [0.1, 0.15) is 5.54 Å². The summed E-state index contributed by atoms with van der Waals surface area (Å²) < 4.78 is 5.01. The van der Waals surface area contributed by atoms with E-state index in [0.717, 1.165) is 38.9 Å². The quantitative estimate of drug-likeness (QED) is 0.736. The Morgan fingerprint density at radius 3 is 2.44 bits per heavy atom. The number of methoxy groups -OCH3 is 1. The van der Waals surface area contributed by atoms with Gasteiger partial charge in [0.2, 0.25) is 0 Å². The lowest BCUT2D eigenvalue weighted by atomic mass is 9.86. The Morgan fingerprint density at radius 2 is 2.00 bits per heavy atom. The zero-order chi connectivity index (χ0) is 13.6. The fourth-order valence-corrected chi connectivity index (χ4v) is 2.65. The summed E-state index contributed by atoms with van der Waals surface area (Å²) in [7, 11) is 1.49. The van der Waals surface area contributed by atoms with Crippen LogP contribution in [0.5, 0.6) is 0 Å². The Hall–Kier alpha value is -0.610. The van der Waals surface area contributed by atoms with Crippen molar-refractivity contribution in [2.75, 3.05) is 26.7 Å². The second-order valence-electron chi connectivity index (χ2n) is 5.37. The highest BCUT2D eigenvalue weighted by Crippen LogP contribution is 2.25. The van der Waals surface area contributed by atoms with Crippen LogP contribution in [-0.2, 0) is 9.53 Å². The fourth-order valence-electron chi connectivity index (χ4n) is 2.65. The summed E-state index contributed by atoms with van der Waals surface area (Å²) in [5, 5.41) is 3.49. The number of esters is 1. The second kappa shape index (κ2) is 7.10. The van der Waals surface area contributed by atoms with Gasteiger partial charge in [-0.25, -0.2) is 0 Å². The molecule has 0 spiro atoms. The molecule has 4 nitrogen and oxygen atoms in total. The van der Waals surface area contributed by atoms with E-state index >= 15 is 0 Å². The molecule has 0 bridgehead atoms. The molecule has 1 unspecified atom stereocenters. The minimum absolute atomic E-state index is 0.0982. The van der Waals surface area contributed by atoms with Crippen molar-refractivity contribution in [1.82, 2.24) is 10.2 Å². The van der Waals surface area contributed by atoms with Crippen LogP contribution in [0.15, 0.2) is 0 Å².